The largest absolute Gasteiger partial charge is 0.392 e. The van der Waals surface area contributed by atoms with Crippen molar-refractivity contribution in [2.45, 2.75) is 59.2 Å². The van der Waals surface area contributed by atoms with Crippen molar-refractivity contribution in [1.29, 1.82) is 0 Å². The van der Waals surface area contributed by atoms with Crippen LogP contribution in [0, 0.1) is 0 Å². The summed E-state index contributed by atoms with van der Waals surface area (Å²) in [6.07, 6.45) is 0.461. The van der Waals surface area contributed by atoms with Gasteiger partial charge in [-0.2, -0.15) is 0 Å². The molecule has 2 unspecified atom stereocenters. The Labute approximate surface area is 236 Å². The fourth-order valence-electron chi connectivity index (χ4n) is 5.02. The molecule has 0 aliphatic rings. The molecule has 0 aliphatic carbocycles. The highest BCUT2D eigenvalue weighted by molar-refractivity contribution is 7.92. The molecule has 0 aromatic heterocycles. The van der Waals surface area contributed by atoms with Crippen LogP contribution >= 0.6 is 0 Å². The molecule has 0 radical (unpaired) electrons. The van der Waals surface area contributed by atoms with Gasteiger partial charge in [0.05, 0.1) is 33.5 Å². The van der Waals surface area contributed by atoms with Gasteiger partial charge in [-0.25, -0.2) is 16.8 Å². The van der Waals surface area contributed by atoms with E-state index in [1.807, 2.05) is 0 Å². The summed E-state index contributed by atoms with van der Waals surface area (Å²) in [5, 5.41) is 17.9. The maximum atomic E-state index is 13.9. The number of aliphatic hydroxyl groups excluding tert-OH is 2. The highest BCUT2D eigenvalue weighted by atomic mass is 32.2. The van der Waals surface area contributed by atoms with Gasteiger partial charge < -0.3 is 10.2 Å². The molecule has 0 saturated carbocycles. The van der Waals surface area contributed by atoms with E-state index in [1.165, 1.54) is 0 Å². The fourth-order valence-corrected chi connectivity index (χ4v) is 8.56. The molecule has 0 fully saturated rings. The van der Waals surface area contributed by atoms with Gasteiger partial charge >= 0.3 is 0 Å². The quantitative estimate of drug-likeness (QED) is 0.233. The Morgan fingerprint density at radius 2 is 0.750 bits per heavy atom. The summed E-state index contributed by atoms with van der Waals surface area (Å²) >= 11 is 0. The molecule has 0 aliphatic heterocycles. The molecular weight excluding hydrogens is 544 g/mol. The molecule has 8 heteroatoms. The third-order valence-electron chi connectivity index (χ3n) is 7.30. The number of hydrogen-bond acceptors (Lipinski definition) is 6. The zero-order valence-electron chi connectivity index (χ0n) is 22.1. The molecule has 0 bridgehead atoms. The van der Waals surface area contributed by atoms with Crippen LogP contribution in [0.15, 0.2) is 119 Å². The highest BCUT2D eigenvalue weighted by Crippen LogP contribution is 2.29. The number of rotatable bonds is 13. The lowest BCUT2D eigenvalue weighted by atomic mass is 9.98. The summed E-state index contributed by atoms with van der Waals surface area (Å²) in [4.78, 5) is 0.351. The second-order valence-corrected chi connectivity index (χ2v) is 14.3. The molecule has 4 aromatic rings. The lowest BCUT2D eigenvalue weighted by Gasteiger charge is -2.24. The topological polar surface area (TPSA) is 109 Å². The fraction of sp³-hybridized carbons (Fsp3) is 0.250. The summed E-state index contributed by atoms with van der Waals surface area (Å²) in [6.45, 7) is -0.450. The monoisotopic (exact) mass is 578 g/mol. The number of sulfone groups is 2. The van der Waals surface area contributed by atoms with Crippen molar-refractivity contribution in [2.24, 2.45) is 0 Å². The first-order valence-corrected chi connectivity index (χ1v) is 16.3. The first-order valence-electron chi connectivity index (χ1n) is 13.2. The Bertz CT molecular complexity index is 1480. The van der Waals surface area contributed by atoms with Crippen LogP contribution in [0.25, 0.3) is 0 Å². The van der Waals surface area contributed by atoms with Crippen molar-refractivity contribution in [3.63, 3.8) is 0 Å². The van der Waals surface area contributed by atoms with Gasteiger partial charge in [0.1, 0.15) is 0 Å². The van der Waals surface area contributed by atoms with Crippen LogP contribution in [0.1, 0.15) is 35.1 Å². The molecule has 0 saturated heterocycles. The SMILES string of the molecule is O=S(=O)(c1ccccc1)C(CCC(Cc1ccccc1CO)S(=O)(=O)c1ccccc1)Cc1ccccc1CO. The summed E-state index contributed by atoms with van der Waals surface area (Å²) in [5.41, 5.74) is 2.70. The number of aliphatic hydroxyl groups is 2. The van der Waals surface area contributed by atoms with Crippen molar-refractivity contribution < 1.29 is 27.0 Å². The molecule has 210 valence electrons. The van der Waals surface area contributed by atoms with Gasteiger partial charge in [-0.15, -0.1) is 0 Å². The van der Waals surface area contributed by atoms with Gasteiger partial charge in [0, 0.05) is 0 Å². The summed E-state index contributed by atoms with van der Waals surface area (Å²) in [6, 6.07) is 30.7. The van der Waals surface area contributed by atoms with E-state index in [0.29, 0.717) is 22.3 Å². The number of hydrogen-bond donors (Lipinski definition) is 2. The van der Waals surface area contributed by atoms with Gasteiger partial charge in [0.25, 0.3) is 0 Å². The summed E-state index contributed by atoms with van der Waals surface area (Å²) < 4.78 is 55.5. The first kappa shape index (κ1) is 29.7. The van der Waals surface area contributed by atoms with E-state index in [2.05, 4.69) is 0 Å². The zero-order chi connectivity index (χ0) is 28.6. The van der Waals surface area contributed by atoms with E-state index < -0.39 is 30.2 Å². The molecule has 0 heterocycles. The average Bonchev–Trinajstić information content (AvgIpc) is 2.99. The maximum absolute atomic E-state index is 13.9. The Hall–Kier alpha value is -3.30. The minimum Gasteiger partial charge on any atom is -0.392 e. The zero-order valence-corrected chi connectivity index (χ0v) is 23.8. The molecular formula is C32H34O6S2. The van der Waals surface area contributed by atoms with Crippen LogP contribution in [0.5, 0.6) is 0 Å². The van der Waals surface area contributed by atoms with E-state index in [9.17, 15) is 27.0 Å². The van der Waals surface area contributed by atoms with Gasteiger partial charge in [0.2, 0.25) is 0 Å². The van der Waals surface area contributed by atoms with Crippen LogP contribution < -0.4 is 0 Å². The lowest BCUT2D eigenvalue weighted by Crippen LogP contribution is -2.30. The van der Waals surface area contributed by atoms with Gasteiger partial charge in [-0.05, 0) is 72.2 Å². The Kier molecular flexibility index (Phi) is 9.92. The molecule has 4 rings (SSSR count). The third-order valence-corrected chi connectivity index (χ3v) is 11.7. The minimum absolute atomic E-state index is 0.0923. The Morgan fingerprint density at radius 1 is 0.450 bits per heavy atom. The molecule has 4 aromatic carbocycles. The maximum Gasteiger partial charge on any atom is 0.181 e. The van der Waals surface area contributed by atoms with Crippen LogP contribution in [0.2, 0.25) is 0 Å². The van der Waals surface area contributed by atoms with Crippen molar-refractivity contribution in [2.75, 3.05) is 0 Å². The van der Waals surface area contributed by atoms with Gasteiger partial charge in [-0.3, -0.25) is 0 Å². The molecule has 6 nitrogen and oxygen atoms in total. The summed E-state index contributed by atoms with van der Waals surface area (Å²) in [7, 11) is -7.66. The normalized spacial score (nSPS) is 13.6. The van der Waals surface area contributed by atoms with Crippen LogP contribution in [-0.2, 0) is 45.7 Å². The van der Waals surface area contributed by atoms with Crippen LogP contribution in [0.4, 0.5) is 0 Å². The molecule has 40 heavy (non-hydrogen) atoms. The van der Waals surface area contributed by atoms with Crippen molar-refractivity contribution >= 4 is 19.7 Å². The predicted octanol–water partition coefficient (Wildman–Crippen LogP) is 4.92. The van der Waals surface area contributed by atoms with E-state index in [4.69, 9.17) is 0 Å². The second kappa shape index (κ2) is 13.4. The molecule has 0 amide bonds. The van der Waals surface area contributed by atoms with Gasteiger partial charge in [0.15, 0.2) is 19.7 Å². The van der Waals surface area contributed by atoms with Gasteiger partial charge in [-0.1, -0.05) is 84.9 Å². The highest BCUT2D eigenvalue weighted by Gasteiger charge is 2.33. The Morgan fingerprint density at radius 3 is 1.07 bits per heavy atom. The van der Waals surface area contributed by atoms with Crippen molar-refractivity contribution in [3.8, 4) is 0 Å². The first-order chi connectivity index (χ1) is 19.3. The van der Waals surface area contributed by atoms with E-state index in [0.717, 1.165) is 0 Å². The van der Waals surface area contributed by atoms with Crippen LogP contribution in [-0.4, -0.2) is 37.5 Å². The Balaban J connectivity index is 1.73. The molecule has 0 spiro atoms. The average molecular weight is 579 g/mol. The van der Waals surface area contributed by atoms with E-state index in [1.54, 1.807) is 109 Å². The van der Waals surface area contributed by atoms with Crippen LogP contribution in [0.3, 0.4) is 0 Å². The molecule has 2 N–H and O–H groups in total. The lowest BCUT2D eigenvalue weighted by molar-refractivity contribution is 0.280. The van der Waals surface area contributed by atoms with E-state index >= 15 is 0 Å². The van der Waals surface area contributed by atoms with Crippen molar-refractivity contribution in [1.82, 2.24) is 0 Å². The summed E-state index contributed by atoms with van der Waals surface area (Å²) in [5.74, 6) is 0. The smallest absolute Gasteiger partial charge is 0.181 e. The molecule has 2 atom stereocenters. The predicted molar refractivity (Wildman–Crippen MR) is 156 cm³/mol. The minimum atomic E-state index is -3.83. The number of benzene rings is 4. The standard InChI is InChI=1S/C32H34O6S2/c33-23-27-13-9-7-11-25(27)21-31(39(35,36)29-15-3-1-4-16-29)19-20-32(22-26-12-8-10-14-28(26)24-34)40(37,38)30-17-5-2-6-18-30/h1-18,31-34H,19-24H2. The van der Waals surface area contributed by atoms with E-state index in [-0.39, 0.29) is 48.7 Å². The second-order valence-electron chi connectivity index (χ2n) is 9.80. The third kappa shape index (κ3) is 6.88. The van der Waals surface area contributed by atoms with Crippen molar-refractivity contribution in [3.05, 3.63) is 131 Å².